The molecule has 0 saturated heterocycles. The summed E-state index contributed by atoms with van der Waals surface area (Å²) in [5.41, 5.74) is 2.74. The Hall–Kier alpha value is -2.38. The molecule has 26 heavy (non-hydrogen) atoms. The first-order valence-electron chi connectivity index (χ1n) is 7.89. The molecule has 6 nitrogen and oxygen atoms in total. The smallest absolute Gasteiger partial charge is 0.321 e. The van der Waals surface area contributed by atoms with Gasteiger partial charge in [-0.1, -0.05) is 23.7 Å². The number of ether oxygens (including phenoxy) is 1. The minimum Gasteiger partial charge on any atom is -0.468 e. The van der Waals surface area contributed by atoms with E-state index in [4.69, 9.17) is 11.6 Å². The van der Waals surface area contributed by atoms with E-state index in [1.165, 1.54) is 12.1 Å². The molecule has 1 heterocycles. The first-order valence-corrected chi connectivity index (χ1v) is 9.93. The van der Waals surface area contributed by atoms with E-state index in [2.05, 4.69) is 9.84 Å². The van der Waals surface area contributed by atoms with Crippen LogP contribution in [0.25, 0.3) is 0 Å². The maximum atomic E-state index is 12.1. The molecular formula is C18H17ClN2O4S. The lowest BCUT2D eigenvalue weighted by atomic mass is 10.1. The van der Waals surface area contributed by atoms with Crippen molar-refractivity contribution in [1.82, 2.24) is 0 Å². The Balaban J connectivity index is 1.77. The van der Waals surface area contributed by atoms with Gasteiger partial charge in [-0.25, -0.2) is 8.42 Å². The number of benzene rings is 2. The van der Waals surface area contributed by atoms with Crippen LogP contribution in [0.1, 0.15) is 12.0 Å². The fourth-order valence-corrected chi connectivity index (χ4v) is 3.88. The van der Waals surface area contributed by atoms with Crippen LogP contribution in [0, 0.1) is 0 Å². The number of hydrazone groups is 1. The van der Waals surface area contributed by atoms with Gasteiger partial charge >= 0.3 is 5.97 Å². The van der Waals surface area contributed by atoms with Crippen molar-refractivity contribution in [3.05, 3.63) is 59.1 Å². The fraction of sp³-hybridized carbons (Fsp3) is 0.222. The molecule has 2 aromatic carbocycles. The van der Waals surface area contributed by atoms with Gasteiger partial charge in [0, 0.05) is 18.0 Å². The predicted octanol–water partition coefficient (Wildman–Crippen LogP) is 2.90. The Morgan fingerprint density at radius 2 is 1.81 bits per heavy atom. The van der Waals surface area contributed by atoms with Gasteiger partial charge in [-0.3, -0.25) is 9.80 Å². The first-order chi connectivity index (χ1) is 12.4. The zero-order valence-corrected chi connectivity index (χ0v) is 15.6. The van der Waals surface area contributed by atoms with E-state index in [-0.39, 0.29) is 4.90 Å². The van der Waals surface area contributed by atoms with Crippen molar-refractivity contribution in [1.29, 1.82) is 0 Å². The molecule has 0 N–H and O–H groups in total. The molecule has 0 unspecified atom stereocenters. The predicted molar refractivity (Wildman–Crippen MR) is 100 cm³/mol. The third kappa shape index (κ3) is 4.05. The van der Waals surface area contributed by atoms with Crippen molar-refractivity contribution in [3.63, 3.8) is 0 Å². The lowest BCUT2D eigenvalue weighted by Gasteiger charge is -2.14. The Bertz CT molecular complexity index is 938. The fourth-order valence-electron chi connectivity index (χ4n) is 2.61. The zero-order valence-electron chi connectivity index (χ0n) is 14.1. The number of carbonyl (C=O) groups excluding carboxylic acids is 1. The van der Waals surface area contributed by atoms with E-state index < -0.39 is 21.6 Å². The van der Waals surface area contributed by atoms with Crippen LogP contribution < -0.4 is 5.01 Å². The molecular weight excluding hydrogens is 376 g/mol. The molecule has 136 valence electrons. The van der Waals surface area contributed by atoms with Crippen molar-refractivity contribution in [2.45, 2.75) is 11.3 Å². The van der Waals surface area contributed by atoms with E-state index in [9.17, 15) is 13.2 Å². The standard InChI is InChI=1S/C18H17ClN2O4S/c1-25-18(22)12-26(23,24)16-8-6-15(7-9-16)21-11-10-17(20-21)13-2-4-14(19)5-3-13/h2-9H,10-12H2,1H3. The van der Waals surface area contributed by atoms with Gasteiger partial charge in [0.25, 0.3) is 0 Å². The summed E-state index contributed by atoms with van der Waals surface area (Å²) in [7, 11) is -2.55. The molecule has 0 fully saturated rings. The van der Waals surface area contributed by atoms with E-state index >= 15 is 0 Å². The molecule has 3 rings (SSSR count). The Morgan fingerprint density at radius 3 is 2.42 bits per heavy atom. The van der Waals surface area contributed by atoms with Crippen LogP contribution in [-0.4, -0.2) is 39.5 Å². The van der Waals surface area contributed by atoms with E-state index in [1.54, 1.807) is 12.1 Å². The van der Waals surface area contributed by atoms with Gasteiger partial charge in [0.2, 0.25) is 0 Å². The Morgan fingerprint density at radius 1 is 1.15 bits per heavy atom. The summed E-state index contributed by atoms with van der Waals surface area (Å²) in [5.74, 6) is -1.46. The van der Waals surface area contributed by atoms with Crippen molar-refractivity contribution < 1.29 is 17.9 Å². The van der Waals surface area contributed by atoms with Crippen LogP contribution in [0.3, 0.4) is 0 Å². The highest BCUT2D eigenvalue weighted by Gasteiger charge is 2.21. The average Bonchev–Trinajstić information content (AvgIpc) is 3.12. The van der Waals surface area contributed by atoms with Crippen LogP contribution in [0.5, 0.6) is 0 Å². The number of methoxy groups -OCH3 is 1. The van der Waals surface area contributed by atoms with Crippen LogP contribution >= 0.6 is 11.6 Å². The number of hydrogen-bond donors (Lipinski definition) is 0. The van der Waals surface area contributed by atoms with Crippen molar-refractivity contribution in [2.75, 3.05) is 24.4 Å². The molecule has 1 aliphatic heterocycles. The summed E-state index contributed by atoms with van der Waals surface area (Å²) in [4.78, 5) is 11.3. The molecule has 0 aromatic heterocycles. The number of hydrogen-bond acceptors (Lipinski definition) is 6. The molecule has 0 amide bonds. The second-order valence-electron chi connectivity index (χ2n) is 5.76. The van der Waals surface area contributed by atoms with Crippen molar-refractivity contribution >= 4 is 38.8 Å². The highest BCUT2D eigenvalue weighted by Crippen LogP contribution is 2.24. The SMILES string of the molecule is COC(=O)CS(=O)(=O)c1ccc(N2CCC(c3ccc(Cl)cc3)=N2)cc1. The molecule has 0 aliphatic carbocycles. The van der Waals surface area contributed by atoms with Gasteiger partial charge in [0.05, 0.1) is 23.4 Å². The van der Waals surface area contributed by atoms with Gasteiger partial charge < -0.3 is 4.74 Å². The monoisotopic (exact) mass is 392 g/mol. The Labute approximate surface area is 157 Å². The van der Waals surface area contributed by atoms with Gasteiger partial charge in [0.1, 0.15) is 0 Å². The van der Waals surface area contributed by atoms with Crippen molar-refractivity contribution in [3.8, 4) is 0 Å². The second-order valence-corrected chi connectivity index (χ2v) is 8.18. The molecule has 2 aromatic rings. The van der Waals surface area contributed by atoms with E-state index in [1.807, 2.05) is 29.3 Å². The number of rotatable bonds is 5. The second kappa shape index (κ2) is 7.47. The number of anilines is 1. The van der Waals surface area contributed by atoms with E-state index in [0.717, 1.165) is 30.5 Å². The van der Waals surface area contributed by atoms with Gasteiger partial charge in [0.15, 0.2) is 15.6 Å². The third-order valence-corrected chi connectivity index (χ3v) is 5.87. The lowest BCUT2D eigenvalue weighted by Crippen LogP contribution is -2.17. The zero-order chi connectivity index (χ0) is 18.7. The highest BCUT2D eigenvalue weighted by atomic mass is 35.5. The van der Waals surface area contributed by atoms with Gasteiger partial charge in [-0.2, -0.15) is 5.10 Å². The largest absolute Gasteiger partial charge is 0.468 e. The van der Waals surface area contributed by atoms with Gasteiger partial charge in [-0.15, -0.1) is 0 Å². The minimum atomic E-state index is -3.71. The number of sulfone groups is 1. The highest BCUT2D eigenvalue weighted by molar-refractivity contribution is 7.92. The molecule has 0 saturated carbocycles. The van der Waals surface area contributed by atoms with Crippen LogP contribution in [-0.2, 0) is 19.4 Å². The summed E-state index contributed by atoms with van der Waals surface area (Å²) in [6.45, 7) is 0.701. The summed E-state index contributed by atoms with van der Waals surface area (Å²) < 4.78 is 28.7. The topological polar surface area (TPSA) is 76.0 Å². The van der Waals surface area contributed by atoms with Gasteiger partial charge in [-0.05, 0) is 42.0 Å². The van der Waals surface area contributed by atoms with Crippen LogP contribution in [0.2, 0.25) is 5.02 Å². The number of carbonyl (C=O) groups is 1. The Kier molecular flexibility index (Phi) is 5.29. The maximum Gasteiger partial charge on any atom is 0.321 e. The molecule has 0 atom stereocenters. The maximum absolute atomic E-state index is 12.1. The van der Waals surface area contributed by atoms with Crippen LogP contribution in [0.4, 0.5) is 5.69 Å². The molecule has 8 heteroatoms. The van der Waals surface area contributed by atoms with E-state index in [0.29, 0.717) is 11.6 Å². The molecule has 0 spiro atoms. The average molecular weight is 393 g/mol. The summed E-state index contributed by atoms with van der Waals surface area (Å²) in [6.07, 6.45) is 0.782. The normalized spacial score (nSPS) is 14.2. The lowest BCUT2D eigenvalue weighted by molar-refractivity contribution is -0.137. The molecule has 0 radical (unpaired) electrons. The summed E-state index contributed by atoms with van der Waals surface area (Å²) in [5, 5.41) is 7.09. The number of nitrogens with zero attached hydrogens (tertiary/aromatic N) is 2. The van der Waals surface area contributed by atoms with Crippen molar-refractivity contribution in [2.24, 2.45) is 5.10 Å². The minimum absolute atomic E-state index is 0.0766. The first kappa shape index (κ1) is 18.4. The quantitative estimate of drug-likeness (QED) is 0.731. The molecule has 0 bridgehead atoms. The summed E-state index contributed by atoms with van der Waals surface area (Å²) >= 11 is 5.91. The molecule has 1 aliphatic rings. The number of halogens is 1. The van der Waals surface area contributed by atoms with Crippen LogP contribution in [0.15, 0.2) is 58.5 Å². The third-order valence-electron chi connectivity index (χ3n) is 4.01. The number of esters is 1. The summed E-state index contributed by atoms with van der Waals surface area (Å²) in [6, 6.07) is 13.8.